The Bertz CT molecular complexity index is 661. The number of rotatable bonds is 5. The van der Waals surface area contributed by atoms with Crippen LogP contribution >= 0.6 is 0 Å². The fraction of sp³-hybridized carbons (Fsp3) is 0.556. The summed E-state index contributed by atoms with van der Waals surface area (Å²) in [7, 11) is 0. The zero-order valence-corrected chi connectivity index (χ0v) is 14.4. The number of carbonyl (C=O) groups excluding carboxylic acids is 1. The first-order chi connectivity index (χ1) is 12.0. The third kappa shape index (κ3) is 3.92. The number of aliphatic carboxylic acids is 1. The van der Waals surface area contributed by atoms with Gasteiger partial charge in [-0.1, -0.05) is 19.1 Å². The van der Waals surface area contributed by atoms with Crippen molar-refractivity contribution in [2.75, 3.05) is 19.6 Å². The van der Waals surface area contributed by atoms with Crippen LogP contribution in [-0.4, -0.2) is 58.6 Å². The Morgan fingerprint density at radius 2 is 2.16 bits per heavy atom. The van der Waals surface area contributed by atoms with E-state index in [0.717, 1.165) is 18.4 Å². The molecule has 1 saturated carbocycles. The van der Waals surface area contributed by atoms with E-state index in [1.807, 2.05) is 17.9 Å². The first kappa shape index (κ1) is 17.7. The molecule has 0 radical (unpaired) electrons. The van der Waals surface area contributed by atoms with E-state index in [1.165, 1.54) is 6.07 Å². The molecule has 136 valence electrons. The van der Waals surface area contributed by atoms with Crippen molar-refractivity contribution in [1.82, 2.24) is 15.1 Å². The summed E-state index contributed by atoms with van der Waals surface area (Å²) in [6.45, 7) is 3.53. The summed E-state index contributed by atoms with van der Waals surface area (Å²) >= 11 is 0. The van der Waals surface area contributed by atoms with Crippen molar-refractivity contribution in [3.63, 3.8) is 0 Å². The average Bonchev–Trinajstić information content (AvgIpc) is 2.55. The van der Waals surface area contributed by atoms with Gasteiger partial charge in [0.15, 0.2) is 0 Å². The maximum Gasteiger partial charge on any atom is 0.317 e. The highest BCUT2D eigenvalue weighted by Gasteiger charge is 2.35. The van der Waals surface area contributed by atoms with Gasteiger partial charge in [0, 0.05) is 24.2 Å². The van der Waals surface area contributed by atoms with Gasteiger partial charge in [-0.25, -0.2) is 9.18 Å². The number of carboxylic acids is 1. The molecule has 1 fully saturated rings. The van der Waals surface area contributed by atoms with Crippen LogP contribution in [0, 0.1) is 5.82 Å². The zero-order chi connectivity index (χ0) is 18.0. The lowest BCUT2D eigenvalue weighted by Crippen LogP contribution is -2.57. The van der Waals surface area contributed by atoms with Gasteiger partial charge in [0.1, 0.15) is 5.82 Å². The molecular weight excluding hydrogens is 325 g/mol. The van der Waals surface area contributed by atoms with Gasteiger partial charge >= 0.3 is 12.0 Å². The third-order valence-corrected chi connectivity index (χ3v) is 5.20. The number of amides is 2. The minimum atomic E-state index is -0.830. The van der Waals surface area contributed by atoms with Crippen molar-refractivity contribution in [3.05, 3.63) is 35.1 Å². The molecule has 3 rings (SSSR count). The number of fused-ring (bicyclic) bond motifs is 1. The van der Waals surface area contributed by atoms with Gasteiger partial charge in [-0.2, -0.15) is 0 Å². The first-order valence-corrected chi connectivity index (χ1v) is 8.75. The van der Waals surface area contributed by atoms with Crippen LogP contribution in [0.1, 0.15) is 30.9 Å². The summed E-state index contributed by atoms with van der Waals surface area (Å²) in [6, 6.07) is 5.13. The predicted octanol–water partition coefficient (Wildman–Crippen LogP) is 1.83. The Hall–Kier alpha value is -2.15. The normalized spacial score (nSPS) is 22.3. The number of halogens is 1. The number of hydrogen-bond acceptors (Lipinski definition) is 3. The first-order valence-electron chi connectivity index (χ1n) is 8.75. The smallest absolute Gasteiger partial charge is 0.317 e. The van der Waals surface area contributed by atoms with Crippen LogP contribution in [0.4, 0.5) is 9.18 Å². The molecule has 7 heteroatoms. The van der Waals surface area contributed by atoms with E-state index in [2.05, 4.69) is 5.32 Å². The summed E-state index contributed by atoms with van der Waals surface area (Å²) in [5.74, 6) is -1.09. The highest BCUT2D eigenvalue weighted by molar-refractivity contribution is 5.75. The lowest BCUT2D eigenvalue weighted by atomic mass is 9.85. The van der Waals surface area contributed by atoms with Crippen LogP contribution in [-0.2, 0) is 17.8 Å². The molecular formula is C18H24FN3O3. The van der Waals surface area contributed by atoms with E-state index >= 15 is 0 Å². The second kappa shape index (κ2) is 7.39. The predicted molar refractivity (Wildman–Crippen MR) is 90.7 cm³/mol. The van der Waals surface area contributed by atoms with Crippen LogP contribution in [0.2, 0.25) is 0 Å². The highest BCUT2D eigenvalue weighted by atomic mass is 19.1. The molecule has 2 amide bonds. The molecule has 6 nitrogen and oxygen atoms in total. The van der Waals surface area contributed by atoms with E-state index in [-0.39, 0.29) is 30.5 Å². The number of nitrogens with zero attached hydrogens (tertiary/aromatic N) is 2. The molecule has 0 bridgehead atoms. The van der Waals surface area contributed by atoms with Gasteiger partial charge in [0.25, 0.3) is 0 Å². The number of urea groups is 1. The second-order valence-electron chi connectivity index (χ2n) is 6.78. The molecule has 1 aliphatic carbocycles. The Balaban J connectivity index is 1.50. The summed E-state index contributed by atoms with van der Waals surface area (Å²) < 4.78 is 13.9. The monoisotopic (exact) mass is 349 g/mol. The average molecular weight is 349 g/mol. The third-order valence-electron chi connectivity index (χ3n) is 5.20. The van der Waals surface area contributed by atoms with Gasteiger partial charge in [0.2, 0.25) is 0 Å². The number of carbonyl (C=O) groups is 2. The van der Waals surface area contributed by atoms with Crippen molar-refractivity contribution in [1.29, 1.82) is 0 Å². The highest BCUT2D eigenvalue weighted by Crippen LogP contribution is 2.27. The van der Waals surface area contributed by atoms with Crippen LogP contribution in [0.5, 0.6) is 0 Å². The van der Waals surface area contributed by atoms with Gasteiger partial charge < -0.3 is 15.3 Å². The Morgan fingerprint density at radius 1 is 1.40 bits per heavy atom. The Kier molecular flexibility index (Phi) is 5.22. The lowest BCUT2D eigenvalue weighted by Gasteiger charge is -2.43. The van der Waals surface area contributed by atoms with Crippen molar-refractivity contribution in [2.45, 2.75) is 44.8 Å². The number of nitrogens with one attached hydrogen (secondary N) is 1. The second-order valence-corrected chi connectivity index (χ2v) is 6.78. The zero-order valence-electron chi connectivity index (χ0n) is 14.4. The molecule has 2 N–H and O–H groups in total. The molecule has 0 saturated heterocycles. The summed E-state index contributed by atoms with van der Waals surface area (Å²) in [5.41, 5.74) is 1.58. The standard InChI is InChI=1S/C18H24FN3O3/c1-2-21(11-17(23)24)14-8-13(9-14)20-18(25)22-7-6-12-4-3-5-16(19)15(12)10-22/h3-5,13-14H,2,6-11H2,1H3,(H,20,25)(H,23,24). The molecule has 25 heavy (non-hydrogen) atoms. The molecule has 1 heterocycles. The van der Waals surface area contributed by atoms with Gasteiger partial charge in [-0.15, -0.1) is 0 Å². The van der Waals surface area contributed by atoms with Gasteiger partial charge in [0.05, 0.1) is 13.1 Å². The van der Waals surface area contributed by atoms with Crippen molar-refractivity contribution in [2.24, 2.45) is 0 Å². The van der Waals surface area contributed by atoms with E-state index in [0.29, 0.717) is 31.6 Å². The van der Waals surface area contributed by atoms with E-state index in [9.17, 15) is 14.0 Å². The van der Waals surface area contributed by atoms with Crippen LogP contribution in [0.15, 0.2) is 18.2 Å². The Labute approximate surface area is 146 Å². The van der Waals surface area contributed by atoms with Crippen molar-refractivity contribution in [3.8, 4) is 0 Å². The molecule has 0 aromatic heterocycles. The summed E-state index contributed by atoms with van der Waals surface area (Å²) in [4.78, 5) is 26.8. The minimum absolute atomic E-state index is 0.0318. The SMILES string of the molecule is CCN(CC(=O)O)C1CC(NC(=O)N2CCc3cccc(F)c3C2)C1. The van der Waals surface area contributed by atoms with Gasteiger partial charge in [-0.3, -0.25) is 9.69 Å². The number of benzene rings is 1. The molecule has 1 aromatic rings. The maximum atomic E-state index is 13.9. The summed E-state index contributed by atoms with van der Waals surface area (Å²) in [6.07, 6.45) is 2.17. The fourth-order valence-corrected chi connectivity index (χ4v) is 3.66. The largest absolute Gasteiger partial charge is 0.480 e. The number of carboxylic acid groups (broad SMARTS) is 1. The van der Waals surface area contributed by atoms with Crippen molar-refractivity contribution >= 4 is 12.0 Å². The molecule has 1 aliphatic heterocycles. The molecule has 0 atom stereocenters. The Morgan fingerprint density at radius 3 is 2.84 bits per heavy atom. The lowest BCUT2D eigenvalue weighted by molar-refractivity contribution is -0.139. The molecule has 0 spiro atoms. The number of hydrogen-bond donors (Lipinski definition) is 2. The van der Waals surface area contributed by atoms with E-state index < -0.39 is 5.97 Å². The molecule has 2 aliphatic rings. The van der Waals surface area contributed by atoms with Crippen LogP contribution < -0.4 is 5.32 Å². The maximum absolute atomic E-state index is 13.9. The molecule has 1 aromatic carbocycles. The number of likely N-dealkylation sites (N-methyl/N-ethyl adjacent to an activating group) is 1. The van der Waals surface area contributed by atoms with E-state index in [1.54, 1.807) is 11.0 Å². The van der Waals surface area contributed by atoms with Crippen molar-refractivity contribution < 1.29 is 19.1 Å². The van der Waals surface area contributed by atoms with Crippen LogP contribution in [0.3, 0.4) is 0 Å². The van der Waals surface area contributed by atoms with Gasteiger partial charge in [-0.05, 0) is 37.4 Å². The fourth-order valence-electron chi connectivity index (χ4n) is 3.66. The minimum Gasteiger partial charge on any atom is -0.480 e. The van der Waals surface area contributed by atoms with Crippen LogP contribution in [0.25, 0.3) is 0 Å². The quantitative estimate of drug-likeness (QED) is 0.851. The van der Waals surface area contributed by atoms with E-state index in [4.69, 9.17) is 5.11 Å². The summed E-state index contributed by atoms with van der Waals surface area (Å²) in [5, 5.41) is 11.9. The molecule has 0 unspecified atom stereocenters. The topological polar surface area (TPSA) is 72.9 Å².